The molecule has 2 N–H and O–H groups in total. The third-order valence-electron chi connectivity index (χ3n) is 3.26. The van der Waals surface area contributed by atoms with Crippen molar-refractivity contribution in [2.24, 2.45) is 0 Å². The van der Waals surface area contributed by atoms with Crippen molar-refractivity contribution < 1.29 is 4.79 Å². The number of nitrogen functional groups attached to an aromatic ring is 1. The smallest absolute Gasteiger partial charge is 0.232 e. The van der Waals surface area contributed by atoms with E-state index in [4.69, 9.17) is 5.73 Å². The summed E-state index contributed by atoms with van der Waals surface area (Å²) < 4.78 is 0. The fraction of sp³-hybridized carbons (Fsp3) is 0.250. The second-order valence-corrected chi connectivity index (χ2v) is 5.90. The van der Waals surface area contributed by atoms with Gasteiger partial charge in [0.15, 0.2) is 0 Å². The number of hydrogen-bond acceptors (Lipinski definition) is 4. The Labute approximate surface area is 129 Å². The predicted molar refractivity (Wildman–Crippen MR) is 87.0 cm³/mol. The van der Waals surface area contributed by atoms with Crippen LogP contribution in [0.5, 0.6) is 0 Å². The molecule has 4 nitrogen and oxygen atoms in total. The first kappa shape index (κ1) is 15.4. The van der Waals surface area contributed by atoms with E-state index in [0.717, 1.165) is 4.90 Å². The SMILES string of the molecule is Cc1ccccc1CN(C)C(=O)CSc1ccncc1N. The van der Waals surface area contributed by atoms with E-state index in [1.54, 1.807) is 17.3 Å². The van der Waals surface area contributed by atoms with Crippen molar-refractivity contribution in [2.75, 3.05) is 18.5 Å². The molecule has 1 heterocycles. The quantitative estimate of drug-likeness (QED) is 0.863. The maximum absolute atomic E-state index is 12.2. The summed E-state index contributed by atoms with van der Waals surface area (Å²) in [5, 5.41) is 0. The number of aryl methyl sites for hydroxylation is 1. The van der Waals surface area contributed by atoms with Crippen molar-refractivity contribution in [3.05, 3.63) is 53.9 Å². The average molecular weight is 301 g/mol. The van der Waals surface area contributed by atoms with E-state index in [9.17, 15) is 4.79 Å². The molecule has 0 saturated heterocycles. The number of hydrogen-bond donors (Lipinski definition) is 1. The minimum atomic E-state index is 0.0828. The predicted octanol–water partition coefficient (Wildman–Crippen LogP) is 2.72. The highest BCUT2D eigenvalue weighted by molar-refractivity contribution is 8.00. The number of thioether (sulfide) groups is 1. The van der Waals surface area contributed by atoms with E-state index >= 15 is 0 Å². The Morgan fingerprint density at radius 2 is 2.10 bits per heavy atom. The molecule has 1 aromatic heterocycles. The zero-order chi connectivity index (χ0) is 15.2. The van der Waals surface area contributed by atoms with Crippen LogP contribution in [0.25, 0.3) is 0 Å². The second-order valence-electron chi connectivity index (χ2n) is 4.88. The third kappa shape index (κ3) is 4.23. The molecule has 110 valence electrons. The number of aromatic nitrogens is 1. The van der Waals surface area contributed by atoms with Crippen LogP contribution < -0.4 is 5.73 Å². The topological polar surface area (TPSA) is 59.2 Å². The van der Waals surface area contributed by atoms with Crippen LogP contribution >= 0.6 is 11.8 Å². The van der Waals surface area contributed by atoms with Gasteiger partial charge in [0.2, 0.25) is 5.91 Å². The van der Waals surface area contributed by atoms with Crippen LogP contribution in [0.15, 0.2) is 47.6 Å². The Hall–Kier alpha value is -2.01. The number of amides is 1. The molecule has 1 amide bonds. The van der Waals surface area contributed by atoms with Gasteiger partial charge >= 0.3 is 0 Å². The first-order chi connectivity index (χ1) is 10.1. The van der Waals surface area contributed by atoms with E-state index in [-0.39, 0.29) is 5.91 Å². The van der Waals surface area contributed by atoms with E-state index < -0.39 is 0 Å². The number of nitrogens with zero attached hydrogens (tertiary/aromatic N) is 2. The Kier molecular flexibility index (Phi) is 5.22. The van der Waals surface area contributed by atoms with Crippen LogP contribution in [0.3, 0.4) is 0 Å². The molecule has 0 spiro atoms. The molecule has 0 fully saturated rings. The summed E-state index contributed by atoms with van der Waals surface area (Å²) >= 11 is 1.44. The highest BCUT2D eigenvalue weighted by atomic mass is 32.2. The summed E-state index contributed by atoms with van der Waals surface area (Å²) in [4.78, 5) is 18.8. The largest absolute Gasteiger partial charge is 0.397 e. The lowest BCUT2D eigenvalue weighted by atomic mass is 10.1. The zero-order valence-electron chi connectivity index (χ0n) is 12.2. The maximum Gasteiger partial charge on any atom is 0.232 e. The van der Waals surface area contributed by atoms with Gasteiger partial charge < -0.3 is 10.6 Å². The third-order valence-corrected chi connectivity index (χ3v) is 4.33. The Morgan fingerprint density at radius 3 is 2.81 bits per heavy atom. The van der Waals surface area contributed by atoms with Gasteiger partial charge in [-0.15, -0.1) is 11.8 Å². The first-order valence-corrected chi connectivity index (χ1v) is 7.67. The standard InChI is InChI=1S/C16H19N3OS/c1-12-5-3-4-6-13(12)10-19(2)16(20)11-21-15-7-8-18-9-14(15)17/h3-9H,10-11,17H2,1-2H3. The minimum Gasteiger partial charge on any atom is -0.397 e. The average Bonchev–Trinajstić information content (AvgIpc) is 2.48. The Bertz CT molecular complexity index is 630. The molecule has 0 aliphatic heterocycles. The number of pyridine rings is 1. The van der Waals surface area contributed by atoms with Crippen molar-refractivity contribution in [1.82, 2.24) is 9.88 Å². The Balaban J connectivity index is 1.91. The monoisotopic (exact) mass is 301 g/mol. The highest BCUT2D eigenvalue weighted by Crippen LogP contribution is 2.23. The normalized spacial score (nSPS) is 10.4. The molecule has 0 saturated carbocycles. The van der Waals surface area contributed by atoms with Gasteiger partial charge in [-0.05, 0) is 24.1 Å². The summed E-state index contributed by atoms with van der Waals surface area (Å²) in [6, 6.07) is 9.93. The number of anilines is 1. The lowest BCUT2D eigenvalue weighted by molar-refractivity contribution is -0.127. The molecule has 2 rings (SSSR count). The van der Waals surface area contributed by atoms with Gasteiger partial charge in [0.1, 0.15) is 0 Å². The van der Waals surface area contributed by atoms with Crippen LogP contribution in [0.4, 0.5) is 5.69 Å². The minimum absolute atomic E-state index is 0.0828. The Morgan fingerprint density at radius 1 is 1.33 bits per heavy atom. The highest BCUT2D eigenvalue weighted by Gasteiger charge is 2.11. The van der Waals surface area contributed by atoms with Crippen LogP contribution in [0.1, 0.15) is 11.1 Å². The fourth-order valence-electron chi connectivity index (χ4n) is 1.91. The number of carbonyl (C=O) groups excluding carboxylic acids is 1. The lowest BCUT2D eigenvalue weighted by Gasteiger charge is -2.18. The maximum atomic E-state index is 12.2. The van der Waals surface area contributed by atoms with Crippen molar-refractivity contribution >= 4 is 23.4 Å². The van der Waals surface area contributed by atoms with Crippen molar-refractivity contribution in [3.8, 4) is 0 Å². The molecule has 2 aromatic rings. The second kappa shape index (κ2) is 7.13. The van der Waals surface area contributed by atoms with E-state index in [1.165, 1.54) is 22.9 Å². The molecule has 1 aromatic carbocycles. The van der Waals surface area contributed by atoms with E-state index in [1.807, 2.05) is 31.3 Å². The molecule has 0 unspecified atom stereocenters. The molecule has 0 atom stereocenters. The summed E-state index contributed by atoms with van der Waals surface area (Å²) in [5.74, 6) is 0.454. The van der Waals surface area contributed by atoms with E-state index in [0.29, 0.717) is 18.0 Å². The van der Waals surface area contributed by atoms with Crippen molar-refractivity contribution in [1.29, 1.82) is 0 Å². The van der Waals surface area contributed by atoms with Gasteiger partial charge in [-0.2, -0.15) is 0 Å². The molecular weight excluding hydrogens is 282 g/mol. The van der Waals surface area contributed by atoms with Crippen LogP contribution in [0.2, 0.25) is 0 Å². The van der Waals surface area contributed by atoms with Gasteiger partial charge in [-0.3, -0.25) is 9.78 Å². The molecule has 0 aliphatic rings. The number of benzene rings is 1. The molecule has 21 heavy (non-hydrogen) atoms. The van der Waals surface area contributed by atoms with Gasteiger partial charge in [-0.25, -0.2) is 0 Å². The lowest BCUT2D eigenvalue weighted by Crippen LogP contribution is -2.28. The van der Waals surface area contributed by atoms with Gasteiger partial charge in [0, 0.05) is 24.7 Å². The van der Waals surface area contributed by atoms with Crippen LogP contribution in [0, 0.1) is 6.92 Å². The van der Waals surface area contributed by atoms with Gasteiger partial charge in [0.25, 0.3) is 0 Å². The van der Waals surface area contributed by atoms with Crippen LogP contribution in [-0.2, 0) is 11.3 Å². The summed E-state index contributed by atoms with van der Waals surface area (Å²) in [6.45, 7) is 2.68. The molecular formula is C16H19N3OS. The molecule has 5 heteroatoms. The van der Waals surface area contributed by atoms with Gasteiger partial charge in [0.05, 0.1) is 17.6 Å². The first-order valence-electron chi connectivity index (χ1n) is 6.68. The summed E-state index contributed by atoms with van der Waals surface area (Å²) in [6.07, 6.45) is 3.28. The van der Waals surface area contributed by atoms with Gasteiger partial charge in [-0.1, -0.05) is 24.3 Å². The van der Waals surface area contributed by atoms with E-state index in [2.05, 4.69) is 18.0 Å². The molecule has 0 bridgehead atoms. The molecule has 0 aliphatic carbocycles. The number of nitrogens with two attached hydrogens (primary N) is 1. The van der Waals surface area contributed by atoms with Crippen molar-refractivity contribution in [2.45, 2.75) is 18.4 Å². The zero-order valence-corrected chi connectivity index (χ0v) is 13.1. The molecule has 0 radical (unpaired) electrons. The summed E-state index contributed by atoms with van der Waals surface area (Å²) in [7, 11) is 1.82. The summed E-state index contributed by atoms with van der Waals surface area (Å²) in [5.41, 5.74) is 8.79. The van der Waals surface area contributed by atoms with Crippen molar-refractivity contribution in [3.63, 3.8) is 0 Å². The number of rotatable bonds is 5. The fourth-order valence-corrected chi connectivity index (χ4v) is 2.78. The van der Waals surface area contributed by atoms with Crippen LogP contribution in [-0.4, -0.2) is 28.6 Å². The number of carbonyl (C=O) groups is 1.